The van der Waals surface area contributed by atoms with Crippen LogP contribution in [0.25, 0.3) is 0 Å². The van der Waals surface area contributed by atoms with Crippen LogP contribution in [0.1, 0.15) is 25.8 Å². The normalized spacial score (nSPS) is 11.1. The van der Waals surface area contributed by atoms with Crippen LogP contribution < -0.4 is 11.5 Å². The molecule has 17 heavy (non-hydrogen) atoms. The molecule has 0 atom stereocenters. The second kappa shape index (κ2) is 6.25. The highest BCUT2D eigenvalue weighted by atomic mass is 16.1. The van der Waals surface area contributed by atoms with E-state index in [2.05, 4.69) is 18.7 Å². The van der Waals surface area contributed by atoms with Crippen LogP contribution in [-0.4, -0.2) is 23.4 Å². The van der Waals surface area contributed by atoms with Gasteiger partial charge in [0.1, 0.15) is 0 Å². The number of nitrogens with zero attached hydrogens (tertiary/aromatic N) is 1. The number of rotatable bonds is 6. The fourth-order valence-corrected chi connectivity index (χ4v) is 1.67. The number of carbonyl (C=O) groups is 1. The van der Waals surface area contributed by atoms with Crippen LogP contribution in [0.3, 0.4) is 0 Å². The Bertz CT molecular complexity index is 377. The van der Waals surface area contributed by atoms with E-state index in [4.69, 9.17) is 11.5 Å². The van der Waals surface area contributed by atoms with E-state index in [1.807, 2.05) is 24.3 Å². The third-order valence-electron chi connectivity index (χ3n) is 2.80. The van der Waals surface area contributed by atoms with Crippen molar-refractivity contribution < 1.29 is 4.79 Å². The van der Waals surface area contributed by atoms with Gasteiger partial charge in [0.15, 0.2) is 0 Å². The van der Waals surface area contributed by atoms with Crippen LogP contribution in [-0.2, 0) is 11.3 Å². The molecule has 0 fully saturated rings. The Hall–Kier alpha value is -1.55. The molecule has 0 spiro atoms. The van der Waals surface area contributed by atoms with E-state index in [9.17, 15) is 4.79 Å². The average molecular weight is 235 g/mol. The highest BCUT2D eigenvalue weighted by Crippen LogP contribution is 2.15. The number of carbonyl (C=O) groups excluding carboxylic acids is 1. The number of anilines is 1. The summed E-state index contributed by atoms with van der Waals surface area (Å²) in [6, 6.07) is 8.14. The standard InChI is InChI=1S/C13H21N3O/c1-10(2)16(8-7-13(15)17)9-11-5-3-4-6-12(11)14/h3-6,10H,7-9,14H2,1-2H3,(H2,15,17). The predicted octanol–water partition coefficient (Wildman–Crippen LogP) is 1.35. The minimum atomic E-state index is -0.267. The Balaban J connectivity index is 2.67. The molecule has 0 aliphatic heterocycles. The van der Waals surface area contributed by atoms with E-state index >= 15 is 0 Å². The lowest BCUT2D eigenvalue weighted by Crippen LogP contribution is -2.33. The number of primary amides is 1. The molecule has 1 aromatic rings. The topological polar surface area (TPSA) is 72.3 Å². The van der Waals surface area contributed by atoms with Crippen LogP contribution in [0.15, 0.2) is 24.3 Å². The van der Waals surface area contributed by atoms with Crippen LogP contribution in [0.5, 0.6) is 0 Å². The van der Waals surface area contributed by atoms with Crippen molar-refractivity contribution in [3.05, 3.63) is 29.8 Å². The number of nitrogens with two attached hydrogens (primary N) is 2. The molecule has 1 rings (SSSR count). The molecule has 1 amide bonds. The van der Waals surface area contributed by atoms with Crippen molar-refractivity contribution in [1.82, 2.24) is 4.90 Å². The zero-order chi connectivity index (χ0) is 12.8. The first-order valence-electron chi connectivity index (χ1n) is 5.86. The number of nitrogen functional groups attached to an aromatic ring is 1. The van der Waals surface area contributed by atoms with Gasteiger partial charge in [0.05, 0.1) is 0 Å². The van der Waals surface area contributed by atoms with Gasteiger partial charge in [-0.1, -0.05) is 18.2 Å². The number of para-hydroxylation sites is 1. The number of amides is 1. The summed E-state index contributed by atoms with van der Waals surface area (Å²) in [5.41, 5.74) is 13.0. The molecular weight excluding hydrogens is 214 g/mol. The van der Waals surface area contributed by atoms with Crippen molar-refractivity contribution in [2.75, 3.05) is 12.3 Å². The molecular formula is C13H21N3O. The fourth-order valence-electron chi connectivity index (χ4n) is 1.67. The summed E-state index contributed by atoms with van der Waals surface area (Å²) in [7, 11) is 0. The highest BCUT2D eigenvalue weighted by Gasteiger charge is 2.12. The molecule has 4 N–H and O–H groups in total. The average Bonchev–Trinajstić information content (AvgIpc) is 2.25. The fraction of sp³-hybridized carbons (Fsp3) is 0.462. The van der Waals surface area contributed by atoms with E-state index in [1.54, 1.807) is 0 Å². The van der Waals surface area contributed by atoms with Crippen LogP contribution in [0.4, 0.5) is 5.69 Å². The van der Waals surface area contributed by atoms with Crippen molar-refractivity contribution in [2.24, 2.45) is 5.73 Å². The van der Waals surface area contributed by atoms with E-state index in [-0.39, 0.29) is 5.91 Å². The van der Waals surface area contributed by atoms with Gasteiger partial charge >= 0.3 is 0 Å². The lowest BCUT2D eigenvalue weighted by molar-refractivity contribution is -0.118. The third kappa shape index (κ3) is 4.44. The minimum Gasteiger partial charge on any atom is -0.398 e. The highest BCUT2D eigenvalue weighted by molar-refractivity contribution is 5.73. The first kappa shape index (κ1) is 13.5. The van der Waals surface area contributed by atoms with Crippen molar-refractivity contribution >= 4 is 11.6 Å². The van der Waals surface area contributed by atoms with E-state index < -0.39 is 0 Å². The zero-order valence-electron chi connectivity index (χ0n) is 10.5. The van der Waals surface area contributed by atoms with Gasteiger partial charge in [-0.3, -0.25) is 9.69 Å². The summed E-state index contributed by atoms with van der Waals surface area (Å²) in [4.78, 5) is 13.0. The molecule has 0 bridgehead atoms. The van der Waals surface area contributed by atoms with E-state index in [0.717, 1.165) is 17.8 Å². The van der Waals surface area contributed by atoms with E-state index in [0.29, 0.717) is 19.0 Å². The summed E-state index contributed by atoms with van der Waals surface area (Å²) in [5, 5.41) is 0. The number of hydrogen-bond acceptors (Lipinski definition) is 3. The molecule has 0 saturated carbocycles. The molecule has 0 radical (unpaired) electrons. The second-order valence-electron chi connectivity index (χ2n) is 4.48. The Morgan fingerprint density at radius 2 is 2.00 bits per heavy atom. The van der Waals surface area contributed by atoms with Gasteiger partial charge in [-0.05, 0) is 25.5 Å². The summed E-state index contributed by atoms with van der Waals surface area (Å²) in [5.74, 6) is -0.267. The maximum Gasteiger partial charge on any atom is 0.218 e. The third-order valence-corrected chi connectivity index (χ3v) is 2.80. The van der Waals surface area contributed by atoms with Gasteiger partial charge < -0.3 is 11.5 Å². The Morgan fingerprint density at radius 1 is 1.35 bits per heavy atom. The van der Waals surface area contributed by atoms with Gasteiger partial charge in [-0.2, -0.15) is 0 Å². The van der Waals surface area contributed by atoms with Crippen LogP contribution >= 0.6 is 0 Å². The van der Waals surface area contributed by atoms with Gasteiger partial charge in [-0.15, -0.1) is 0 Å². The van der Waals surface area contributed by atoms with Crippen molar-refractivity contribution in [3.8, 4) is 0 Å². The SMILES string of the molecule is CC(C)N(CCC(N)=O)Cc1ccccc1N. The summed E-state index contributed by atoms with van der Waals surface area (Å²) < 4.78 is 0. The molecule has 0 aliphatic carbocycles. The number of hydrogen-bond donors (Lipinski definition) is 2. The summed E-state index contributed by atoms with van der Waals surface area (Å²) in [6.07, 6.45) is 0.380. The first-order valence-corrected chi connectivity index (χ1v) is 5.86. The van der Waals surface area contributed by atoms with E-state index in [1.165, 1.54) is 0 Å². The maximum absolute atomic E-state index is 10.8. The molecule has 0 aromatic heterocycles. The zero-order valence-corrected chi connectivity index (χ0v) is 10.5. The Morgan fingerprint density at radius 3 is 2.53 bits per heavy atom. The molecule has 0 aliphatic rings. The quantitative estimate of drug-likeness (QED) is 0.731. The summed E-state index contributed by atoms with van der Waals surface area (Å²) in [6.45, 7) is 5.61. The maximum atomic E-state index is 10.8. The van der Waals surface area contributed by atoms with Crippen molar-refractivity contribution in [2.45, 2.75) is 32.9 Å². The molecule has 4 nitrogen and oxygen atoms in total. The first-order chi connectivity index (χ1) is 8.00. The number of benzene rings is 1. The monoisotopic (exact) mass is 235 g/mol. The smallest absolute Gasteiger partial charge is 0.218 e. The molecule has 1 aromatic carbocycles. The molecule has 0 heterocycles. The Kier molecular flexibility index (Phi) is 4.97. The van der Waals surface area contributed by atoms with Crippen molar-refractivity contribution in [3.63, 3.8) is 0 Å². The van der Waals surface area contributed by atoms with Gasteiger partial charge in [0, 0.05) is 31.2 Å². The molecule has 94 valence electrons. The molecule has 0 unspecified atom stereocenters. The minimum absolute atomic E-state index is 0.267. The predicted molar refractivity (Wildman–Crippen MR) is 70.2 cm³/mol. The van der Waals surface area contributed by atoms with Gasteiger partial charge in [0.25, 0.3) is 0 Å². The van der Waals surface area contributed by atoms with Crippen molar-refractivity contribution in [1.29, 1.82) is 0 Å². The van der Waals surface area contributed by atoms with Gasteiger partial charge in [-0.25, -0.2) is 0 Å². The molecule has 4 heteroatoms. The van der Waals surface area contributed by atoms with Gasteiger partial charge in [0.2, 0.25) is 5.91 Å². The Labute approximate surface area is 103 Å². The largest absolute Gasteiger partial charge is 0.398 e. The lowest BCUT2D eigenvalue weighted by Gasteiger charge is -2.26. The van der Waals surface area contributed by atoms with Crippen LogP contribution in [0.2, 0.25) is 0 Å². The second-order valence-corrected chi connectivity index (χ2v) is 4.48. The lowest BCUT2D eigenvalue weighted by atomic mass is 10.1. The summed E-state index contributed by atoms with van der Waals surface area (Å²) >= 11 is 0. The molecule has 0 saturated heterocycles. The van der Waals surface area contributed by atoms with Crippen LogP contribution in [0, 0.1) is 0 Å².